The number of non-ortho nitro benzene ring substituents is 1. The Morgan fingerprint density at radius 1 is 1.14 bits per heavy atom. The van der Waals surface area contributed by atoms with Gasteiger partial charge in [-0.15, -0.1) is 11.8 Å². The van der Waals surface area contributed by atoms with Crippen molar-refractivity contribution in [3.05, 3.63) is 82.0 Å². The molecule has 0 radical (unpaired) electrons. The number of amides is 1. The number of anilines is 1. The van der Waals surface area contributed by atoms with Crippen LogP contribution in [-0.4, -0.2) is 21.6 Å². The molecule has 1 amide bonds. The lowest BCUT2D eigenvalue weighted by Crippen LogP contribution is -2.15. The van der Waals surface area contributed by atoms with Gasteiger partial charge < -0.3 is 10.1 Å². The van der Waals surface area contributed by atoms with Gasteiger partial charge in [0.1, 0.15) is 11.4 Å². The number of nitro groups is 1. The number of hydrogen-bond acceptors (Lipinski definition) is 6. The Hall–Kier alpha value is -3.39. The van der Waals surface area contributed by atoms with Gasteiger partial charge in [0.05, 0.1) is 10.7 Å². The van der Waals surface area contributed by atoms with Crippen LogP contribution in [0.1, 0.15) is 11.1 Å². The zero-order valence-corrected chi connectivity index (χ0v) is 16.7. The van der Waals surface area contributed by atoms with Gasteiger partial charge in [-0.1, -0.05) is 12.1 Å². The van der Waals surface area contributed by atoms with Crippen LogP contribution in [0.5, 0.6) is 11.6 Å². The molecule has 0 atom stereocenters. The third kappa shape index (κ3) is 5.32. The van der Waals surface area contributed by atoms with Crippen molar-refractivity contribution in [2.24, 2.45) is 0 Å². The second kappa shape index (κ2) is 9.20. The molecular weight excluding hydrogens is 390 g/mol. The first kappa shape index (κ1) is 20.3. The van der Waals surface area contributed by atoms with Crippen LogP contribution in [0.15, 0.2) is 65.7 Å². The van der Waals surface area contributed by atoms with E-state index in [4.69, 9.17) is 4.74 Å². The van der Waals surface area contributed by atoms with Gasteiger partial charge in [0, 0.05) is 23.2 Å². The first-order chi connectivity index (χ1) is 13.9. The van der Waals surface area contributed by atoms with Gasteiger partial charge >= 0.3 is 0 Å². The van der Waals surface area contributed by atoms with E-state index in [1.165, 1.54) is 23.9 Å². The lowest BCUT2D eigenvalue weighted by atomic mass is 10.1. The zero-order valence-electron chi connectivity index (χ0n) is 15.9. The fourth-order valence-corrected chi connectivity index (χ4v) is 3.20. The number of aromatic nitrogens is 1. The summed E-state index contributed by atoms with van der Waals surface area (Å²) in [6, 6.07) is 15.3. The van der Waals surface area contributed by atoms with E-state index in [-0.39, 0.29) is 17.3 Å². The van der Waals surface area contributed by atoms with E-state index in [1.807, 2.05) is 32.0 Å². The fourth-order valence-electron chi connectivity index (χ4n) is 2.51. The highest BCUT2D eigenvalue weighted by Gasteiger charge is 2.12. The average Bonchev–Trinajstić information content (AvgIpc) is 2.71. The van der Waals surface area contributed by atoms with Crippen molar-refractivity contribution in [1.82, 2.24) is 4.98 Å². The second-order valence-electron chi connectivity index (χ2n) is 6.24. The van der Waals surface area contributed by atoms with Crippen LogP contribution in [0.2, 0.25) is 0 Å². The van der Waals surface area contributed by atoms with Crippen LogP contribution >= 0.6 is 11.8 Å². The molecule has 0 saturated heterocycles. The topological polar surface area (TPSA) is 94.4 Å². The Morgan fingerprint density at radius 2 is 1.90 bits per heavy atom. The summed E-state index contributed by atoms with van der Waals surface area (Å²) >= 11 is 1.29. The van der Waals surface area contributed by atoms with E-state index >= 15 is 0 Å². The van der Waals surface area contributed by atoms with Gasteiger partial charge in [0.25, 0.3) is 5.69 Å². The van der Waals surface area contributed by atoms with Gasteiger partial charge in [-0.3, -0.25) is 14.9 Å². The number of nitrogens with one attached hydrogen (secondary N) is 1. The molecule has 1 N–H and O–H groups in total. The number of nitro benzene ring substituents is 1. The lowest BCUT2D eigenvalue weighted by Gasteiger charge is -2.13. The predicted octanol–water partition coefficient (Wildman–Crippen LogP) is 5.13. The van der Waals surface area contributed by atoms with Crippen LogP contribution in [-0.2, 0) is 4.79 Å². The minimum absolute atomic E-state index is 0.0161. The van der Waals surface area contributed by atoms with Gasteiger partial charge in [-0.25, -0.2) is 4.98 Å². The summed E-state index contributed by atoms with van der Waals surface area (Å²) in [7, 11) is 0. The summed E-state index contributed by atoms with van der Waals surface area (Å²) in [5.41, 5.74) is 2.60. The Bertz CT molecular complexity index is 1040. The zero-order chi connectivity index (χ0) is 20.8. The molecule has 0 bridgehead atoms. The van der Waals surface area contributed by atoms with Gasteiger partial charge in [-0.2, -0.15) is 0 Å². The molecule has 0 aliphatic carbocycles. The SMILES string of the molecule is Cc1cccc(Oc2ncccc2NC(=O)CSc2ccc([N+](=O)[O-])cc2)c1C. The number of ether oxygens (including phenoxy) is 1. The largest absolute Gasteiger partial charge is 0.437 e. The minimum Gasteiger partial charge on any atom is -0.437 e. The van der Waals surface area contributed by atoms with Crippen LogP contribution in [0.4, 0.5) is 11.4 Å². The van der Waals surface area contributed by atoms with Crippen molar-refractivity contribution in [2.75, 3.05) is 11.1 Å². The molecule has 148 valence electrons. The second-order valence-corrected chi connectivity index (χ2v) is 7.29. The number of thioether (sulfide) groups is 1. The van der Waals surface area contributed by atoms with Crippen LogP contribution in [0.25, 0.3) is 0 Å². The summed E-state index contributed by atoms with van der Waals surface area (Å²) in [5.74, 6) is 0.914. The highest BCUT2D eigenvalue weighted by molar-refractivity contribution is 8.00. The Morgan fingerprint density at radius 3 is 2.62 bits per heavy atom. The van der Waals surface area contributed by atoms with Crippen molar-refractivity contribution in [3.8, 4) is 11.6 Å². The third-order valence-corrected chi connectivity index (χ3v) is 5.24. The van der Waals surface area contributed by atoms with E-state index in [1.54, 1.807) is 30.5 Å². The van der Waals surface area contributed by atoms with E-state index in [0.29, 0.717) is 17.3 Å². The predicted molar refractivity (Wildman–Crippen MR) is 113 cm³/mol. The van der Waals surface area contributed by atoms with Crippen LogP contribution < -0.4 is 10.1 Å². The van der Waals surface area contributed by atoms with Crippen LogP contribution in [0.3, 0.4) is 0 Å². The van der Waals surface area contributed by atoms with Crippen molar-refractivity contribution in [1.29, 1.82) is 0 Å². The van der Waals surface area contributed by atoms with Crippen molar-refractivity contribution < 1.29 is 14.5 Å². The monoisotopic (exact) mass is 409 g/mol. The molecule has 3 aromatic rings. The van der Waals surface area contributed by atoms with E-state index in [0.717, 1.165) is 16.0 Å². The third-order valence-electron chi connectivity index (χ3n) is 4.22. The quantitative estimate of drug-likeness (QED) is 0.330. The number of carbonyl (C=O) groups is 1. The normalized spacial score (nSPS) is 10.4. The van der Waals surface area contributed by atoms with Crippen molar-refractivity contribution in [2.45, 2.75) is 18.7 Å². The number of nitrogens with zero attached hydrogens (tertiary/aromatic N) is 2. The molecule has 0 aliphatic heterocycles. The summed E-state index contributed by atoms with van der Waals surface area (Å²) in [4.78, 5) is 27.6. The lowest BCUT2D eigenvalue weighted by molar-refractivity contribution is -0.384. The summed E-state index contributed by atoms with van der Waals surface area (Å²) < 4.78 is 5.92. The smallest absolute Gasteiger partial charge is 0.269 e. The van der Waals surface area contributed by atoms with Crippen LogP contribution in [0, 0.1) is 24.0 Å². The van der Waals surface area contributed by atoms with Gasteiger partial charge in [0.15, 0.2) is 0 Å². The molecule has 2 aromatic carbocycles. The molecule has 0 saturated carbocycles. The molecular formula is C21H19N3O4S. The Balaban J connectivity index is 1.65. The van der Waals surface area contributed by atoms with E-state index in [9.17, 15) is 14.9 Å². The molecule has 1 heterocycles. The number of benzene rings is 2. The van der Waals surface area contributed by atoms with E-state index < -0.39 is 4.92 Å². The molecule has 29 heavy (non-hydrogen) atoms. The summed E-state index contributed by atoms with van der Waals surface area (Å²) in [5, 5.41) is 13.5. The number of hydrogen-bond donors (Lipinski definition) is 1. The van der Waals surface area contributed by atoms with Crippen molar-refractivity contribution in [3.63, 3.8) is 0 Å². The Labute approximate surface area is 172 Å². The van der Waals surface area contributed by atoms with Crippen molar-refractivity contribution >= 4 is 29.0 Å². The number of aryl methyl sites for hydroxylation is 1. The van der Waals surface area contributed by atoms with Gasteiger partial charge in [-0.05, 0) is 55.3 Å². The minimum atomic E-state index is -0.457. The molecule has 0 fully saturated rings. The summed E-state index contributed by atoms with van der Waals surface area (Å²) in [6.07, 6.45) is 1.60. The average molecular weight is 409 g/mol. The molecule has 7 nitrogen and oxygen atoms in total. The first-order valence-corrected chi connectivity index (χ1v) is 9.79. The molecule has 1 aromatic heterocycles. The maximum absolute atomic E-state index is 12.4. The number of pyridine rings is 1. The fraction of sp³-hybridized carbons (Fsp3) is 0.143. The maximum Gasteiger partial charge on any atom is 0.269 e. The number of rotatable bonds is 7. The summed E-state index contributed by atoms with van der Waals surface area (Å²) in [6.45, 7) is 3.96. The first-order valence-electron chi connectivity index (χ1n) is 8.80. The molecule has 0 spiro atoms. The molecule has 3 rings (SSSR count). The highest BCUT2D eigenvalue weighted by atomic mass is 32.2. The highest BCUT2D eigenvalue weighted by Crippen LogP contribution is 2.30. The molecule has 0 aliphatic rings. The number of carbonyl (C=O) groups excluding carboxylic acids is 1. The van der Waals surface area contributed by atoms with Gasteiger partial charge in [0.2, 0.25) is 11.8 Å². The maximum atomic E-state index is 12.4. The molecule has 0 unspecified atom stereocenters. The Kier molecular flexibility index (Phi) is 6.46. The molecule has 8 heteroatoms. The van der Waals surface area contributed by atoms with E-state index in [2.05, 4.69) is 10.3 Å². The standard InChI is InChI=1S/C21H19N3O4S/c1-14-5-3-7-19(15(14)2)28-21-18(6-4-12-22-21)23-20(25)13-29-17-10-8-16(9-11-17)24(26)27/h3-12H,13H2,1-2H3,(H,23,25).